The number of aromatic amines is 5. The van der Waals surface area contributed by atoms with Gasteiger partial charge in [0.15, 0.2) is 24.9 Å². The lowest BCUT2D eigenvalue weighted by molar-refractivity contribution is -0.131. The van der Waals surface area contributed by atoms with E-state index < -0.39 is 0 Å². The van der Waals surface area contributed by atoms with Gasteiger partial charge in [-0.3, -0.25) is 50.0 Å². The summed E-state index contributed by atoms with van der Waals surface area (Å²) in [6, 6.07) is 77.2. The standard InChI is InChI=1S/C19H15FN4.C19H18FN3O2.C18H15N5.C18H18N4O2.C15H13N3O/c20-16-8-4-7-15(11-16)17-12-18(23-22-17)19-21-9-10-24(19)13-14-5-2-1-3-6-14;1-23(2)19(24)12-25-18-9-4-3-8-15(18)17-11-16(21-22-17)13-6-5-7-14(20)10-13;1-2-5-14(6-3-1)13-23-10-9-20-18(23)17-11-16(21-22-17)15-7-4-8-19-12-15;1-22(2)18(23)12-24-17-8-4-3-7-14(17)16-10-15(20-21-16)13-6-5-9-19-11-13;1-19-15-7-3-2-6-12(15)14-9-13(17-18-14)11-5-4-8-16-10-11/h1-12H,13H2,(H,22,23);3-11H,12H2,1-2H3,(H,21,22);1-12H,13H2,(H,21,22);3-11H,12H2,1-2H3,(H,20,21);2-10H,1H3,(H,17,18). The van der Waals surface area contributed by atoms with E-state index in [1.807, 2.05) is 195 Å². The molecule has 0 spiro atoms. The molecule has 115 heavy (non-hydrogen) atoms. The molecule has 17 aromatic rings. The topological polar surface area (TPSA) is 286 Å². The number of methoxy groups -OCH3 is 1. The molecule has 7 aromatic carbocycles. The highest BCUT2D eigenvalue weighted by Gasteiger charge is 2.18. The number of imidazole rings is 2. The lowest BCUT2D eigenvalue weighted by atomic mass is 10.1. The van der Waals surface area contributed by atoms with Crippen LogP contribution in [-0.2, 0) is 22.7 Å². The van der Waals surface area contributed by atoms with E-state index in [2.05, 4.69) is 109 Å². The van der Waals surface area contributed by atoms with Gasteiger partial charge >= 0.3 is 0 Å². The molecule has 0 saturated heterocycles. The molecule has 10 aromatic heterocycles. The number of carbonyl (C=O) groups is 2. The highest BCUT2D eigenvalue weighted by molar-refractivity contribution is 5.80. The van der Waals surface area contributed by atoms with Crippen molar-refractivity contribution in [1.29, 1.82) is 0 Å². The maximum absolute atomic E-state index is 13.4. The number of nitrogens with zero attached hydrogens (tertiary/aromatic N) is 14. The molecule has 0 radical (unpaired) electrons. The molecule has 5 N–H and O–H groups in total. The van der Waals surface area contributed by atoms with Crippen LogP contribution in [0.3, 0.4) is 0 Å². The predicted octanol–water partition coefficient (Wildman–Crippen LogP) is 16.6. The second-order valence-corrected chi connectivity index (χ2v) is 26.2. The number of aromatic nitrogens is 17. The van der Waals surface area contributed by atoms with Gasteiger partial charge in [-0.2, -0.15) is 25.5 Å². The number of nitrogens with one attached hydrogen (secondary N) is 5. The van der Waals surface area contributed by atoms with Gasteiger partial charge in [0.1, 0.15) is 40.3 Å². The molecular weight excluding hydrogens is 1450 g/mol. The first-order chi connectivity index (χ1) is 56.3. The number of para-hydroxylation sites is 3. The molecule has 2 amide bonds. The number of H-pyrrole nitrogens is 5. The van der Waals surface area contributed by atoms with Crippen LogP contribution in [0.2, 0.25) is 0 Å². The van der Waals surface area contributed by atoms with Crippen LogP contribution in [-0.4, -0.2) is 155 Å². The number of amides is 2. The molecular formula is C89H79F2N19O5. The smallest absolute Gasteiger partial charge is 0.259 e. The molecule has 17 rings (SSSR count). The third kappa shape index (κ3) is 20.8. The molecule has 0 saturated carbocycles. The maximum atomic E-state index is 13.4. The monoisotopic (exact) mass is 1530 g/mol. The van der Waals surface area contributed by atoms with E-state index in [-0.39, 0.29) is 36.7 Å². The number of pyridine rings is 3. The first-order valence-corrected chi connectivity index (χ1v) is 36.4. The third-order valence-electron chi connectivity index (χ3n) is 17.8. The normalized spacial score (nSPS) is 10.6. The number of ether oxygens (including phenoxy) is 3. The molecule has 10 heterocycles. The number of carbonyl (C=O) groups excluding carboxylic acids is 2. The van der Waals surface area contributed by atoms with Crippen molar-refractivity contribution < 1.29 is 32.6 Å². The van der Waals surface area contributed by atoms with E-state index in [1.54, 1.807) is 103 Å². The van der Waals surface area contributed by atoms with Gasteiger partial charge in [-0.1, -0.05) is 121 Å². The summed E-state index contributed by atoms with van der Waals surface area (Å²) >= 11 is 0. The Morgan fingerprint density at radius 2 is 0.678 bits per heavy atom. The van der Waals surface area contributed by atoms with E-state index in [4.69, 9.17) is 14.2 Å². The van der Waals surface area contributed by atoms with Gasteiger partial charge in [0.25, 0.3) is 11.8 Å². The lowest BCUT2D eigenvalue weighted by Gasteiger charge is -2.13. The summed E-state index contributed by atoms with van der Waals surface area (Å²) in [6.07, 6.45) is 18.1. The van der Waals surface area contributed by atoms with Crippen molar-refractivity contribution in [1.82, 2.24) is 94.8 Å². The Morgan fingerprint density at radius 3 is 1.03 bits per heavy atom. The first-order valence-electron chi connectivity index (χ1n) is 36.4. The van der Waals surface area contributed by atoms with Gasteiger partial charge in [-0.05, 0) is 139 Å². The van der Waals surface area contributed by atoms with Crippen molar-refractivity contribution in [3.05, 3.63) is 333 Å². The second kappa shape index (κ2) is 38.3. The van der Waals surface area contributed by atoms with Crippen molar-refractivity contribution in [3.8, 4) is 130 Å². The van der Waals surface area contributed by atoms with Gasteiger partial charge in [-0.25, -0.2) is 18.7 Å². The molecule has 0 fully saturated rings. The largest absolute Gasteiger partial charge is 0.496 e. The number of hydrogen-bond donors (Lipinski definition) is 5. The predicted molar refractivity (Wildman–Crippen MR) is 438 cm³/mol. The van der Waals surface area contributed by atoms with Crippen LogP contribution in [0.4, 0.5) is 8.78 Å². The minimum absolute atomic E-state index is 0.00634. The Labute approximate surface area is 661 Å². The van der Waals surface area contributed by atoms with E-state index in [0.29, 0.717) is 28.5 Å². The van der Waals surface area contributed by atoms with Crippen LogP contribution in [0.15, 0.2) is 311 Å². The van der Waals surface area contributed by atoms with Crippen LogP contribution >= 0.6 is 0 Å². The number of rotatable bonds is 21. The fourth-order valence-electron chi connectivity index (χ4n) is 11.8. The van der Waals surface area contributed by atoms with Crippen LogP contribution in [0.5, 0.6) is 17.2 Å². The van der Waals surface area contributed by atoms with E-state index in [1.165, 1.54) is 45.2 Å². The Hall–Kier alpha value is -15.3. The zero-order valence-corrected chi connectivity index (χ0v) is 63.3. The van der Waals surface area contributed by atoms with Gasteiger partial charge in [0.2, 0.25) is 0 Å². The first kappa shape index (κ1) is 77.8. The summed E-state index contributed by atoms with van der Waals surface area (Å²) < 4.78 is 47.6. The van der Waals surface area contributed by atoms with Crippen LogP contribution in [0.1, 0.15) is 11.1 Å². The quantitative estimate of drug-likeness (QED) is 0.0447. The third-order valence-corrected chi connectivity index (χ3v) is 17.8. The van der Waals surface area contributed by atoms with Crippen molar-refractivity contribution >= 4 is 11.8 Å². The van der Waals surface area contributed by atoms with Crippen molar-refractivity contribution in [3.63, 3.8) is 0 Å². The Kier molecular flexibility index (Phi) is 25.9. The van der Waals surface area contributed by atoms with Gasteiger partial charge in [0, 0.05) is 148 Å². The summed E-state index contributed by atoms with van der Waals surface area (Å²) in [5, 5.41) is 36.6. The van der Waals surface area contributed by atoms with Crippen LogP contribution in [0, 0.1) is 11.6 Å². The Morgan fingerprint density at radius 1 is 0.357 bits per heavy atom. The Balaban J connectivity index is 0.000000126. The summed E-state index contributed by atoms with van der Waals surface area (Å²) in [4.78, 5) is 47.7. The average Bonchev–Trinajstić information content (AvgIpc) is 1.98. The molecule has 0 aliphatic heterocycles. The van der Waals surface area contributed by atoms with E-state index >= 15 is 0 Å². The lowest BCUT2D eigenvalue weighted by Crippen LogP contribution is -2.27. The fourth-order valence-corrected chi connectivity index (χ4v) is 11.8. The van der Waals surface area contributed by atoms with Crippen molar-refractivity contribution in [2.45, 2.75) is 13.1 Å². The number of benzene rings is 7. The zero-order chi connectivity index (χ0) is 79.7. The molecule has 0 bridgehead atoms. The molecule has 0 unspecified atom stereocenters. The summed E-state index contributed by atoms with van der Waals surface area (Å²) in [7, 11) is 8.42. The fraction of sp³-hybridized carbons (Fsp3) is 0.101. The van der Waals surface area contributed by atoms with E-state index in [0.717, 1.165) is 115 Å². The van der Waals surface area contributed by atoms with Crippen molar-refractivity contribution in [2.24, 2.45) is 0 Å². The molecule has 26 heteroatoms. The van der Waals surface area contributed by atoms with Crippen LogP contribution < -0.4 is 14.2 Å². The Bertz CT molecular complexity index is 5920. The highest BCUT2D eigenvalue weighted by atomic mass is 19.1. The number of halogens is 2. The molecule has 0 atom stereocenters. The van der Waals surface area contributed by atoms with Crippen LogP contribution in [0.25, 0.3) is 113 Å². The molecule has 574 valence electrons. The second-order valence-electron chi connectivity index (χ2n) is 26.2. The van der Waals surface area contributed by atoms with Gasteiger partial charge in [-0.15, -0.1) is 0 Å². The van der Waals surface area contributed by atoms with Gasteiger partial charge < -0.3 is 33.1 Å². The minimum atomic E-state index is -0.312. The van der Waals surface area contributed by atoms with Gasteiger partial charge in [0.05, 0.1) is 52.7 Å². The molecule has 24 nitrogen and oxygen atoms in total. The summed E-state index contributed by atoms with van der Waals surface area (Å²) in [5.41, 5.74) is 17.4. The summed E-state index contributed by atoms with van der Waals surface area (Å²) in [5.74, 6) is 2.90. The van der Waals surface area contributed by atoms with Crippen molar-refractivity contribution in [2.75, 3.05) is 48.5 Å². The maximum Gasteiger partial charge on any atom is 0.259 e. The van der Waals surface area contributed by atoms with E-state index in [9.17, 15) is 18.4 Å². The average molecular weight is 1530 g/mol. The number of likely N-dealkylation sites (N-methyl/N-ethyl adjacent to an activating group) is 2. The highest BCUT2D eigenvalue weighted by Crippen LogP contribution is 2.35. The zero-order valence-electron chi connectivity index (χ0n) is 63.3. The molecule has 0 aliphatic carbocycles. The molecule has 0 aliphatic rings. The summed E-state index contributed by atoms with van der Waals surface area (Å²) in [6.45, 7) is 1.45. The minimum Gasteiger partial charge on any atom is -0.496 e. The number of hydrogen-bond acceptors (Lipinski definition) is 15. The SMILES string of the molecule is CN(C)C(=O)COc1ccccc1-c1cc(-c2cccc(F)c2)n[nH]1.CN(C)C(=O)COc1ccccc1-c1cc(-c2cccnc2)n[nH]1.COc1ccccc1-c1cc(-c2cccnc2)n[nH]1.Fc1cccc(-c2cc(-c3nccn3Cc3ccccc3)[nH]n2)c1.c1ccc(Cn2ccnc2-c2cc(-c3cccnc3)n[nH]2)cc1.